The second-order valence-electron chi connectivity index (χ2n) is 15.4. The molecule has 44 heteroatoms. The van der Waals surface area contributed by atoms with E-state index in [2.05, 4.69) is 31.7 Å². The van der Waals surface area contributed by atoms with Crippen LogP contribution in [0, 0.1) is 121 Å². The van der Waals surface area contributed by atoms with Gasteiger partial charge in [0.15, 0.2) is 0 Å². The van der Waals surface area contributed by atoms with Gasteiger partial charge in [-0.05, 0) is 99.3 Å². The molecule has 468 valence electrons. The number of rotatable bonds is 7. The number of fused-ring (bicyclic) bond motifs is 2. The van der Waals surface area contributed by atoms with E-state index in [0.29, 0.717) is 22.9 Å². The molecule has 1 amide bonds. The van der Waals surface area contributed by atoms with Gasteiger partial charge in [-0.3, -0.25) is 44.7 Å². The molecule has 28 nitrogen and oxygen atoms in total. The maximum absolute atomic E-state index is 13.4. The number of benzene rings is 5. The third kappa shape index (κ3) is 36.0. The molecule has 8 N–H and O–H groups in total. The molecule has 2 radical (unpaired) electrons. The molecule has 6 aromatic rings. The molecule has 1 aliphatic rings. The van der Waals surface area contributed by atoms with Crippen molar-refractivity contribution >= 4 is 106 Å². The zero-order chi connectivity index (χ0) is 67.3. The number of nitrogens with two attached hydrogens (primary N) is 1. The van der Waals surface area contributed by atoms with Gasteiger partial charge in [0.1, 0.15) is 46.1 Å². The number of H-pyrrole nitrogens is 2. The van der Waals surface area contributed by atoms with Crippen molar-refractivity contribution < 1.29 is 209 Å². The van der Waals surface area contributed by atoms with Crippen molar-refractivity contribution in [1.29, 1.82) is 0 Å². The summed E-state index contributed by atoms with van der Waals surface area (Å²) in [5.74, 6) is -9.92. The first-order chi connectivity index (χ1) is 39.6. The fraction of sp³-hybridized carbons (Fsp3) is 0.200. The van der Waals surface area contributed by atoms with Gasteiger partial charge in [0, 0.05) is 12.6 Å². The van der Waals surface area contributed by atoms with Gasteiger partial charge in [-0.25, -0.2) is 31.1 Å². The average molecular weight is 1470 g/mol. The molecule has 0 fully saturated rings. The molecule has 1 aromatic heterocycles. The van der Waals surface area contributed by atoms with Crippen LogP contribution in [-0.2, 0) is 19.2 Å². The maximum Gasteiger partial charge on any atom is 1.00 e. The van der Waals surface area contributed by atoms with E-state index in [1.165, 1.54) is 39.8 Å². The SMILES string of the molecule is Cc1c(F)cc2[nH]c(=O)c(=O)[nH]c2c1[N+](=O)[O-].Cc1cc(F)c([N+](=O)[O-])cc1F.Cc1cc(F)ccc1F.Cc1cc(NCC(=O)[O-])c([N+](=O)[O-])cc1F.Cc1cc2c(cc1F)NC(=O)CN2.NCC(=O)[O-].O=C(O)C(F)(F)F.O=[N+]([O-])[O-].[Cl][Sn][Cl].[K+].[Na+].[Na+]. The number of nitrogens with one attached hydrogen (secondary N) is 5. The molecule has 0 bridgehead atoms. The summed E-state index contributed by atoms with van der Waals surface area (Å²) >= 11 is -0.826. The fourth-order valence-electron chi connectivity index (χ4n) is 5.35. The monoisotopic (exact) mass is 1470 g/mol. The van der Waals surface area contributed by atoms with E-state index >= 15 is 0 Å². The minimum Gasteiger partial charge on any atom is 1.00 e. The Balaban J connectivity index is -0.000000308. The van der Waals surface area contributed by atoms with Gasteiger partial charge in [-0.2, -0.15) is 17.6 Å². The number of carbonyl (C=O) groups excluding carboxylic acids is 3. The van der Waals surface area contributed by atoms with Crippen molar-refractivity contribution in [1.82, 2.24) is 9.97 Å². The summed E-state index contributed by atoms with van der Waals surface area (Å²) in [6.45, 7) is 6.47. The summed E-state index contributed by atoms with van der Waals surface area (Å²) in [6, 6.07) is 10.6. The number of anilines is 3. The quantitative estimate of drug-likeness (QED) is 0.0272. The first-order valence-electron chi connectivity index (χ1n) is 21.9. The van der Waals surface area contributed by atoms with Crippen molar-refractivity contribution in [3.05, 3.63) is 196 Å². The first-order valence-corrected chi connectivity index (χ1v) is 29.1. The van der Waals surface area contributed by atoms with Crippen LogP contribution in [0.3, 0.4) is 0 Å². The predicted molar refractivity (Wildman–Crippen MR) is 281 cm³/mol. The Morgan fingerprint density at radius 1 is 0.640 bits per heavy atom. The van der Waals surface area contributed by atoms with Crippen molar-refractivity contribution in [2.75, 3.05) is 35.6 Å². The molecule has 0 saturated heterocycles. The second kappa shape index (κ2) is 45.4. The molecule has 0 aliphatic carbocycles. The van der Waals surface area contributed by atoms with E-state index in [9.17, 15) is 98.5 Å². The van der Waals surface area contributed by atoms with E-state index in [1.807, 2.05) is 0 Å². The number of hydrogen-bond donors (Lipinski definition) is 7. The molecular formula is C45H39Cl2F10KN10Na2O18Sn. The second-order valence-corrected chi connectivity index (χ2v) is 19.7. The Labute approximate surface area is 595 Å². The molecule has 1 aliphatic heterocycles. The van der Waals surface area contributed by atoms with Crippen molar-refractivity contribution in [2.45, 2.75) is 40.8 Å². The molecule has 89 heavy (non-hydrogen) atoms. The first kappa shape index (κ1) is 91.9. The number of carboxylic acids is 3. The standard InChI is InChI=1S/C9H6FN3O4.C9H9FN2O4.C9H9FN2O.C7H5F2NO2.C7H6F2.C2HF3O2.C2H5NO2.2ClH.K.NO3.2Na.Sn/c1-3-4(10)2-5-6(7(3)13(16)17)12-9(15)8(14)11-5;1-5-2-7(11-4-9(13)14)8(12(15)16)3-6(5)10;1-5-2-7-8(3-6(5)10)12-9(13)4-11-7;1-4-2-6(9)7(10(11)12)3-5(4)8;1-5-4-6(8)2-3-7(5)9;3-2(4,5)1(6)7;3-1-2(4)5;;;;2-1(3)4;;;/h2H,1H3,(H,11,14)(H,12,15);2-3,11H,4H2,1H3,(H,13,14);2-3,11H,4H2,1H3,(H,12,13);2-3H,1H3;2-4H,1H3;(H,6,7);1,3H2,(H,4,5);2*1H;;;;;/q;;;;;;;;;+1;-1;2*+1;+2/p-4. The average Bonchev–Trinajstić information content (AvgIpc) is 1.08. The molecule has 0 spiro atoms. The summed E-state index contributed by atoms with van der Waals surface area (Å²) in [6.07, 6.45) is -5.08. The Morgan fingerprint density at radius 3 is 1.48 bits per heavy atom. The van der Waals surface area contributed by atoms with Crippen molar-refractivity contribution in [2.24, 2.45) is 5.73 Å². The summed E-state index contributed by atoms with van der Waals surface area (Å²) < 4.78 is 121. The van der Waals surface area contributed by atoms with Crippen LogP contribution < -0.4 is 154 Å². The molecule has 0 saturated carbocycles. The number of aliphatic carboxylic acids is 3. The number of aromatic amines is 2. The van der Waals surface area contributed by atoms with E-state index in [0.717, 1.165) is 42.1 Å². The fourth-order valence-corrected chi connectivity index (χ4v) is 5.35. The summed E-state index contributed by atoms with van der Waals surface area (Å²) in [7, 11) is 9.87. The van der Waals surface area contributed by atoms with Gasteiger partial charge in [-0.1, -0.05) is 0 Å². The molecule has 7 rings (SSSR count). The van der Waals surface area contributed by atoms with Crippen LogP contribution in [-0.4, -0.2) is 103 Å². The van der Waals surface area contributed by atoms with Gasteiger partial charge < -0.3 is 71.9 Å². The predicted octanol–water partition coefficient (Wildman–Crippen LogP) is -3.17. The zero-order valence-corrected chi connectivity index (χ0v) is 58.2. The Bertz CT molecular complexity index is 3570. The van der Waals surface area contributed by atoms with Gasteiger partial charge in [-0.15, -0.1) is 0 Å². The normalized spacial score (nSPS) is 10.0. The van der Waals surface area contributed by atoms with E-state index in [4.69, 9.17) is 53.0 Å². The summed E-state index contributed by atoms with van der Waals surface area (Å²) in [4.78, 5) is 103. The van der Waals surface area contributed by atoms with Crippen LogP contribution in [0.15, 0.2) is 70.3 Å². The van der Waals surface area contributed by atoms with E-state index < -0.39 is 127 Å². The topological polar surface area (TPSA) is 458 Å². The van der Waals surface area contributed by atoms with Crippen molar-refractivity contribution in [3.63, 3.8) is 0 Å². The number of carboxylic acid groups (broad SMARTS) is 3. The number of alkyl halides is 3. The molecule has 0 unspecified atom stereocenters. The van der Waals surface area contributed by atoms with Crippen LogP contribution in [0.5, 0.6) is 0 Å². The van der Waals surface area contributed by atoms with Gasteiger partial charge >= 0.3 is 182 Å². The number of nitro groups is 3. The minimum absolute atomic E-state index is 0. The third-order valence-electron chi connectivity index (χ3n) is 9.23. The number of aryl methyl sites for hydroxylation is 4. The smallest absolute Gasteiger partial charge is 1.00 e. The maximum atomic E-state index is 13.4. The summed E-state index contributed by atoms with van der Waals surface area (Å²) in [5, 5.41) is 80.4. The Kier molecular flexibility index (Phi) is 46.9. The zero-order valence-electron chi connectivity index (χ0n) is 46.7. The Morgan fingerprint density at radius 2 is 1.07 bits per heavy atom. The number of halogens is 12. The molecule has 5 aromatic carbocycles. The number of aromatic nitrogens is 2. The molecular weight excluding hydrogens is 1430 g/mol. The van der Waals surface area contributed by atoms with Crippen molar-refractivity contribution in [3.8, 4) is 0 Å². The third-order valence-corrected chi connectivity index (χ3v) is 9.23. The number of nitrogens with zero attached hydrogens (tertiary/aromatic N) is 4. The van der Waals surface area contributed by atoms with Gasteiger partial charge in [0.05, 0.1) is 79.5 Å². The largest absolute Gasteiger partial charge is 1.00 e. The van der Waals surface area contributed by atoms with E-state index in [-0.39, 0.29) is 175 Å². The minimum atomic E-state index is -5.08. The number of nitro benzene ring substituents is 3. The van der Waals surface area contributed by atoms with E-state index in [1.54, 1.807) is 13.0 Å². The van der Waals surface area contributed by atoms with Crippen LogP contribution in [0.25, 0.3) is 11.0 Å². The summed E-state index contributed by atoms with van der Waals surface area (Å²) in [5.41, 5.74) is 2.47. The van der Waals surface area contributed by atoms with Crippen LogP contribution in [0.2, 0.25) is 0 Å². The molecule has 2 heterocycles. The van der Waals surface area contributed by atoms with Gasteiger partial charge in [0.2, 0.25) is 11.7 Å². The Hall–Kier alpha value is -5.80. The van der Waals surface area contributed by atoms with Crippen LogP contribution in [0.1, 0.15) is 27.8 Å². The van der Waals surface area contributed by atoms with Crippen LogP contribution in [0.4, 0.5) is 78.0 Å². The number of carbonyl (C=O) groups is 4. The van der Waals surface area contributed by atoms with Gasteiger partial charge in [0.25, 0.3) is 5.69 Å². The number of hydrogen-bond acceptors (Lipinski definition) is 20. The molecule has 0 atom stereocenters. The number of amides is 1. The van der Waals surface area contributed by atoms with Crippen LogP contribution >= 0.6 is 17.8 Å².